The molecule has 0 heterocycles. The highest BCUT2D eigenvalue weighted by Gasteiger charge is 1.81. The first-order valence-electron chi connectivity index (χ1n) is 2.67. The van der Waals surface area contributed by atoms with E-state index in [1.165, 1.54) is 0 Å². The Kier molecular flexibility index (Phi) is 7.77. The molecule has 50 valence electrons. The van der Waals surface area contributed by atoms with E-state index < -0.39 is 0 Å². The lowest BCUT2D eigenvalue weighted by Gasteiger charge is -1.97. The van der Waals surface area contributed by atoms with Crippen molar-refractivity contribution in [3.63, 3.8) is 0 Å². The first kappa shape index (κ1) is 8.40. The lowest BCUT2D eigenvalue weighted by atomic mass is 10.5. The molecule has 0 rings (SSSR count). The van der Waals surface area contributed by atoms with Gasteiger partial charge in [0.15, 0.2) is 0 Å². The Morgan fingerprint density at radius 1 is 1.62 bits per heavy atom. The van der Waals surface area contributed by atoms with Crippen LogP contribution >= 0.6 is 15.9 Å². The van der Waals surface area contributed by atoms with Gasteiger partial charge in [-0.15, -0.1) is 0 Å². The second-order valence-electron chi connectivity index (χ2n) is 1.48. The molecule has 0 spiro atoms. The zero-order valence-corrected chi connectivity index (χ0v) is 6.70. The van der Waals surface area contributed by atoms with Gasteiger partial charge in [-0.25, -0.2) is 0 Å². The van der Waals surface area contributed by atoms with Gasteiger partial charge in [-0.1, -0.05) is 15.9 Å². The van der Waals surface area contributed by atoms with E-state index >= 15 is 0 Å². The van der Waals surface area contributed by atoms with Gasteiger partial charge in [-0.3, -0.25) is 0 Å². The molecule has 2 nitrogen and oxygen atoms in total. The van der Waals surface area contributed by atoms with E-state index in [9.17, 15) is 0 Å². The molecule has 0 saturated carbocycles. The molecule has 0 saturated heterocycles. The molecule has 0 atom stereocenters. The van der Waals surface area contributed by atoms with Crippen LogP contribution in [0.5, 0.6) is 0 Å². The van der Waals surface area contributed by atoms with E-state index in [-0.39, 0.29) is 0 Å². The standard InChI is InChI=1S/C5H12BrNO/c1-8-4-2-3-7-5-6/h7H,2-5H2,1H3. The van der Waals surface area contributed by atoms with Crippen molar-refractivity contribution < 1.29 is 4.74 Å². The predicted octanol–water partition coefficient (Wildman–Crippen LogP) is 0.965. The molecule has 8 heavy (non-hydrogen) atoms. The molecule has 0 aromatic heterocycles. The number of rotatable bonds is 5. The lowest BCUT2D eigenvalue weighted by molar-refractivity contribution is 0.195. The van der Waals surface area contributed by atoms with Crippen molar-refractivity contribution in [2.75, 3.05) is 25.7 Å². The van der Waals surface area contributed by atoms with E-state index in [4.69, 9.17) is 4.74 Å². The zero-order chi connectivity index (χ0) is 6.24. The van der Waals surface area contributed by atoms with Gasteiger partial charge < -0.3 is 10.1 Å². The van der Waals surface area contributed by atoms with Crippen LogP contribution in [0.15, 0.2) is 0 Å². The monoisotopic (exact) mass is 181 g/mol. The van der Waals surface area contributed by atoms with Gasteiger partial charge in [0, 0.05) is 13.7 Å². The van der Waals surface area contributed by atoms with Crippen LogP contribution in [0.3, 0.4) is 0 Å². The normalized spacial score (nSPS) is 9.75. The molecule has 0 aliphatic rings. The molecule has 0 aliphatic carbocycles. The van der Waals surface area contributed by atoms with E-state index in [1.807, 2.05) is 0 Å². The molecule has 3 heteroatoms. The zero-order valence-electron chi connectivity index (χ0n) is 5.11. The van der Waals surface area contributed by atoms with Crippen LogP contribution in [0.4, 0.5) is 0 Å². The van der Waals surface area contributed by atoms with E-state index in [0.717, 1.165) is 25.0 Å². The fourth-order valence-electron chi connectivity index (χ4n) is 0.408. The van der Waals surface area contributed by atoms with Crippen molar-refractivity contribution in [3.8, 4) is 0 Å². The molecule has 1 N–H and O–H groups in total. The highest BCUT2D eigenvalue weighted by atomic mass is 79.9. The van der Waals surface area contributed by atoms with Gasteiger partial charge in [-0.05, 0) is 13.0 Å². The summed E-state index contributed by atoms with van der Waals surface area (Å²) >= 11 is 3.25. The number of alkyl halides is 1. The first-order chi connectivity index (χ1) is 3.91. The summed E-state index contributed by atoms with van der Waals surface area (Å²) in [6.07, 6.45) is 1.09. The number of halogens is 1. The minimum atomic E-state index is 0.847. The Bertz CT molecular complexity index is 37.4. The lowest BCUT2D eigenvalue weighted by Crippen LogP contribution is -2.13. The van der Waals surface area contributed by atoms with Gasteiger partial charge in [0.1, 0.15) is 0 Å². The number of hydrogen-bond acceptors (Lipinski definition) is 2. The quantitative estimate of drug-likeness (QED) is 0.388. The first-order valence-corrected chi connectivity index (χ1v) is 3.79. The SMILES string of the molecule is COCCCNCBr. The van der Waals surface area contributed by atoms with E-state index in [0.29, 0.717) is 0 Å². The molecule has 0 amide bonds. The van der Waals surface area contributed by atoms with Crippen LogP contribution in [0.2, 0.25) is 0 Å². The second kappa shape index (κ2) is 7.40. The smallest absolute Gasteiger partial charge is 0.0517 e. The number of hydrogen-bond donors (Lipinski definition) is 1. The fourth-order valence-corrected chi connectivity index (χ4v) is 0.689. The van der Waals surface area contributed by atoms with Gasteiger partial charge in [0.25, 0.3) is 0 Å². The van der Waals surface area contributed by atoms with Crippen molar-refractivity contribution in [1.29, 1.82) is 0 Å². The van der Waals surface area contributed by atoms with E-state index in [2.05, 4.69) is 21.2 Å². The van der Waals surface area contributed by atoms with Crippen LogP contribution in [-0.4, -0.2) is 25.7 Å². The van der Waals surface area contributed by atoms with Crippen molar-refractivity contribution >= 4 is 15.9 Å². The van der Waals surface area contributed by atoms with Crippen LogP contribution < -0.4 is 5.32 Å². The Morgan fingerprint density at radius 2 is 2.38 bits per heavy atom. The van der Waals surface area contributed by atoms with Crippen molar-refractivity contribution in [1.82, 2.24) is 5.32 Å². The van der Waals surface area contributed by atoms with Crippen LogP contribution in [0.25, 0.3) is 0 Å². The Labute approximate surface area is 58.7 Å². The maximum absolute atomic E-state index is 4.83. The summed E-state index contributed by atoms with van der Waals surface area (Å²) in [5.74, 6) is 0. The van der Waals surface area contributed by atoms with Crippen molar-refractivity contribution in [3.05, 3.63) is 0 Å². The van der Waals surface area contributed by atoms with Crippen molar-refractivity contribution in [2.45, 2.75) is 6.42 Å². The number of ether oxygens (including phenoxy) is 1. The van der Waals surface area contributed by atoms with Crippen LogP contribution in [0.1, 0.15) is 6.42 Å². The number of methoxy groups -OCH3 is 1. The molecule has 0 unspecified atom stereocenters. The number of nitrogens with one attached hydrogen (secondary N) is 1. The Balaban J connectivity index is 2.53. The maximum atomic E-state index is 4.83. The molecular formula is C5H12BrNO. The van der Waals surface area contributed by atoms with Crippen LogP contribution in [0, 0.1) is 0 Å². The minimum absolute atomic E-state index is 0.847. The van der Waals surface area contributed by atoms with Crippen LogP contribution in [-0.2, 0) is 4.74 Å². The summed E-state index contributed by atoms with van der Waals surface area (Å²) in [6.45, 7) is 1.87. The molecule has 0 fully saturated rings. The minimum Gasteiger partial charge on any atom is -0.385 e. The maximum Gasteiger partial charge on any atom is 0.0517 e. The highest BCUT2D eigenvalue weighted by Crippen LogP contribution is 1.77. The molecule has 0 aliphatic heterocycles. The van der Waals surface area contributed by atoms with Gasteiger partial charge in [-0.2, -0.15) is 0 Å². The summed E-state index contributed by atoms with van der Waals surface area (Å²) in [4.78, 5) is 0. The third kappa shape index (κ3) is 6.40. The largest absolute Gasteiger partial charge is 0.385 e. The van der Waals surface area contributed by atoms with E-state index in [1.54, 1.807) is 7.11 Å². The van der Waals surface area contributed by atoms with Gasteiger partial charge >= 0.3 is 0 Å². The summed E-state index contributed by atoms with van der Waals surface area (Å²) in [5.41, 5.74) is 0.872. The Morgan fingerprint density at radius 3 is 2.88 bits per heavy atom. The van der Waals surface area contributed by atoms with Gasteiger partial charge in [0.05, 0.1) is 5.45 Å². The summed E-state index contributed by atoms with van der Waals surface area (Å²) in [5, 5.41) is 3.12. The average molecular weight is 182 g/mol. The topological polar surface area (TPSA) is 21.3 Å². The summed E-state index contributed by atoms with van der Waals surface area (Å²) in [7, 11) is 1.72. The predicted molar refractivity (Wildman–Crippen MR) is 38.3 cm³/mol. The molecule has 0 aromatic rings. The molecule has 0 radical (unpaired) electrons. The van der Waals surface area contributed by atoms with Crippen molar-refractivity contribution in [2.24, 2.45) is 0 Å². The Hall–Kier alpha value is 0.400. The molecular weight excluding hydrogens is 170 g/mol. The fraction of sp³-hybridized carbons (Fsp3) is 1.00. The average Bonchev–Trinajstić information content (AvgIpc) is 1.81. The third-order valence-corrected chi connectivity index (χ3v) is 1.19. The van der Waals surface area contributed by atoms with Gasteiger partial charge in [0.2, 0.25) is 0 Å². The summed E-state index contributed by atoms with van der Waals surface area (Å²) in [6, 6.07) is 0. The highest BCUT2D eigenvalue weighted by molar-refractivity contribution is 9.09. The second-order valence-corrected chi connectivity index (χ2v) is 2.04. The third-order valence-electron chi connectivity index (χ3n) is 0.797. The molecule has 0 bridgehead atoms. The summed E-state index contributed by atoms with van der Waals surface area (Å²) < 4.78 is 4.83. The molecule has 0 aromatic carbocycles.